The van der Waals surface area contributed by atoms with Crippen molar-refractivity contribution < 1.29 is 13.0 Å². The van der Waals surface area contributed by atoms with E-state index in [0.29, 0.717) is 0 Å². The average Bonchev–Trinajstić information content (AvgIpc) is 2.07. The summed E-state index contributed by atoms with van der Waals surface area (Å²) < 4.78 is 25.2. The maximum Gasteiger partial charge on any atom is 0.330 e. The van der Waals surface area contributed by atoms with E-state index in [4.69, 9.17) is 13.0 Å². The molecule has 6 nitrogen and oxygen atoms in total. The zero-order valence-electron chi connectivity index (χ0n) is 4.93. The van der Waals surface area contributed by atoms with Crippen LogP contribution in [0.15, 0.2) is 18.7 Å². The van der Waals surface area contributed by atoms with Crippen LogP contribution in [0.4, 0.5) is 0 Å². The van der Waals surface area contributed by atoms with E-state index in [1.54, 1.807) is 18.7 Å². The van der Waals surface area contributed by atoms with E-state index in [1.165, 1.54) is 0 Å². The standard InChI is InChI=1S/C3H4N2.H3NO3S/c1-2-5-3-4-1;1-5(2,3)4/h1-3H,(H,4,5);(H3,1,2,3,4). The van der Waals surface area contributed by atoms with E-state index in [0.717, 1.165) is 0 Å². The Morgan fingerprint density at radius 3 is 2.20 bits per heavy atom. The Morgan fingerprint density at radius 1 is 1.60 bits per heavy atom. The normalized spacial score (nSPS) is 9.80. The van der Waals surface area contributed by atoms with Gasteiger partial charge in [0, 0.05) is 12.4 Å². The highest BCUT2D eigenvalue weighted by Crippen LogP contribution is 1.62. The summed E-state index contributed by atoms with van der Waals surface area (Å²) >= 11 is 0. The van der Waals surface area contributed by atoms with Crippen molar-refractivity contribution >= 4 is 10.3 Å². The van der Waals surface area contributed by atoms with Gasteiger partial charge in [-0.05, 0) is 0 Å². The fourth-order valence-electron chi connectivity index (χ4n) is 0.215. The molecule has 0 aliphatic heterocycles. The van der Waals surface area contributed by atoms with Gasteiger partial charge in [0.15, 0.2) is 0 Å². The average molecular weight is 165 g/mol. The van der Waals surface area contributed by atoms with E-state index in [2.05, 4.69) is 15.1 Å². The number of aromatic nitrogens is 2. The minimum atomic E-state index is -4.17. The maximum absolute atomic E-state index is 8.97. The molecule has 0 saturated carbocycles. The molecule has 1 aromatic heterocycles. The predicted molar refractivity (Wildman–Crippen MR) is 34.3 cm³/mol. The van der Waals surface area contributed by atoms with Crippen LogP contribution in [-0.4, -0.2) is 22.9 Å². The lowest BCUT2D eigenvalue weighted by Gasteiger charge is -1.70. The number of rotatable bonds is 0. The molecule has 7 heteroatoms. The smallest absolute Gasteiger partial charge is 0.330 e. The van der Waals surface area contributed by atoms with E-state index < -0.39 is 10.3 Å². The second-order valence-corrected chi connectivity index (χ2v) is 2.31. The lowest BCUT2D eigenvalue weighted by Crippen LogP contribution is -2.08. The van der Waals surface area contributed by atoms with E-state index >= 15 is 0 Å². The Hall–Kier alpha value is -0.920. The molecule has 0 unspecified atom stereocenters. The number of H-pyrrole nitrogens is 1. The molecule has 0 fully saturated rings. The van der Waals surface area contributed by atoms with Gasteiger partial charge in [0.25, 0.3) is 0 Å². The van der Waals surface area contributed by atoms with E-state index in [9.17, 15) is 0 Å². The SMILES string of the molecule is NS(=O)(=O)O.c1c[nH]cn1. The number of imidazole rings is 1. The van der Waals surface area contributed by atoms with Crippen molar-refractivity contribution in [2.45, 2.75) is 0 Å². The quantitative estimate of drug-likeness (QED) is 0.435. The van der Waals surface area contributed by atoms with Crippen LogP contribution in [0.25, 0.3) is 0 Å². The van der Waals surface area contributed by atoms with Crippen LogP contribution >= 0.6 is 0 Å². The third kappa shape index (κ3) is 15.7. The molecule has 0 amide bonds. The molecule has 1 rings (SSSR count). The highest BCUT2D eigenvalue weighted by molar-refractivity contribution is 7.83. The molecule has 1 heterocycles. The van der Waals surface area contributed by atoms with Crippen molar-refractivity contribution in [1.82, 2.24) is 9.97 Å². The molecule has 0 aromatic carbocycles. The van der Waals surface area contributed by atoms with Crippen molar-refractivity contribution in [3.63, 3.8) is 0 Å². The summed E-state index contributed by atoms with van der Waals surface area (Å²) in [6.07, 6.45) is 5.08. The number of aromatic amines is 1. The second-order valence-electron chi connectivity index (χ2n) is 1.28. The third-order valence-corrected chi connectivity index (χ3v) is 0.406. The molecule has 0 aliphatic carbocycles. The Labute approximate surface area is 58.0 Å². The number of nitrogens with one attached hydrogen (secondary N) is 1. The highest BCUT2D eigenvalue weighted by Gasteiger charge is 1.81. The van der Waals surface area contributed by atoms with Crippen LogP contribution in [0.3, 0.4) is 0 Å². The third-order valence-electron chi connectivity index (χ3n) is 0.406. The summed E-state index contributed by atoms with van der Waals surface area (Å²) in [5, 5.41) is 3.88. The molecule has 0 atom stereocenters. The van der Waals surface area contributed by atoms with Gasteiger partial charge in [-0.15, -0.1) is 0 Å². The Balaban J connectivity index is 0.000000162. The first-order chi connectivity index (χ1) is 4.50. The number of nitrogens with two attached hydrogens (primary N) is 1. The van der Waals surface area contributed by atoms with Crippen LogP contribution < -0.4 is 5.14 Å². The fraction of sp³-hybridized carbons (Fsp3) is 0. The summed E-state index contributed by atoms with van der Waals surface area (Å²) in [7, 11) is -4.17. The van der Waals surface area contributed by atoms with Crippen molar-refractivity contribution in [3.05, 3.63) is 18.7 Å². The van der Waals surface area contributed by atoms with Crippen LogP contribution in [0.2, 0.25) is 0 Å². The first kappa shape index (κ1) is 9.08. The van der Waals surface area contributed by atoms with Crippen LogP contribution in [-0.2, 0) is 10.3 Å². The summed E-state index contributed by atoms with van der Waals surface area (Å²) in [6, 6.07) is 0. The van der Waals surface area contributed by atoms with Gasteiger partial charge in [0.1, 0.15) is 0 Å². The van der Waals surface area contributed by atoms with Crippen LogP contribution in [0.1, 0.15) is 0 Å². The van der Waals surface area contributed by atoms with E-state index in [1.807, 2.05) is 0 Å². The molecule has 0 spiro atoms. The van der Waals surface area contributed by atoms with Gasteiger partial charge in [-0.2, -0.15) is 8.42 Å². The minimum absolute atomic E-state index is 1.62. The summed E-state index contributed by atoms with van der Waals surface area (Å²) in [4.78, 5) is 6.42. The topological polar surface area (TPSA) is 109 Å². The van der Waals surface area contributed by atoms with Crippen molar-refractivity contribution in [1.29, 1.82) is 0 Å². The highest BCUT2D eigenvalue weighted by atomic mass is 32.2. The van der Waals surface area contributed by atoms with Gasteiger partial charge in [-0.3, -0.25) is 4.55 Å². The molecule has 0 radical (unpaired) electrons. The molecular weight excluding hydrogens is 158 g/mol. The Morgan fingerprint density at radius 2 is 2.10 bits per heavy atom. The molecule has 10 heavy (non-hydrogen) atoms. The van der Waals surface area contributed by atoms with Crippen molar-refractivity contribution in [3.8, 4) is 0 Å². The van der Waals surface area contributed by atoms with Crippen molar-refractivity contribution in [2.75, 3.05) is 0 Å². The molecule has 1 aromatic rings. The molecule has 0 saturated heterocycles. The predicted octanol–water partition coefficient (Wildman–Crippen LogP) is -0.842. The van der Waals surface area contributed by atoms with Gasteiger partial charge < -0.3 is 4.98 Å². The monoisotopic (exact) mass is 165 g/mol. The fourth-order valence-corrected chi connectivity index (χ4v) is 0.215. The number of nitrogens with zero attached hydrogens (tertiary/aromatic N) is 1. The summed E-state index contributed by atoms with van der Waals surface area (Å²) in [5.41, 5.74) is 0. The molecule has 58 valence electrons. The largest absolute Gasteiger partial charge is 0.351 e. The maximum atomic E-state index is 8.97. The van der Waals surface area contributed by atoms with Gasteiger partial charge in [0.05, 0.1) is 6.33 Å². The lowest BCUT2D eigenvalue weighted by atomic mass is 11.0. The van der Waals surface area contributed by atoms with Crippen molar-refractivity contribution in [2.24, 2.45) is 5.14 Å². The number of hydrogen-bond acceptors (Lipinski definition) is 3. The first-order valence-electron chi connectivity index (χ1n) is 2.18. The summed E-state index contributed by atoms with van der Waals surface area (Å²) in [6.45, 7) is 0. The van der Waals surface area contributed by atoms with Gasteiger partial charge in [0.2, 0.25) is 0 Å². The van der Waals surface area contributed by atoms with Gasteiger partial charge in [-0.1, -0.05) is 0 Å². The molecule has 0 bridgehead atoms. The zero-order chi connectivity index (χ0) is 8.04. The van der Waals surface area contributed by atoms with Gasteiger partial charge >= 0.3 is 10.3 Å². The Kier molecular flexibility index (Phi) is 3.62. The van der Waals surface area contributed by atoms with Crippen LogP contribution in [0, 0.1) is 0 Å². The zero-order valence-corrected chi connectivity index (χ0v) is 5.75. The minimum Gasteiger partial charge on any atom is -0.351 e. The number of hydrogen-bond donors (Lipinski definition) is 3. The molecular formula is C3H7N3O3S. The second kappa shape index (κ2) is 3.99. The van der Waals surface area contributed by atoms with Gasteiger partial charge in [-0.25, -0.2) is 10.1 Å². The molecule has 4 N–H and O–H groups in total. The lowest BCUT2D eigenvalue weighted by molar-refractivity contribution is 0.485. The van der Waals surface area contributed by atoms with Crippen LogP contribution in [0.5, 0.6) is 0 Å². The van der Waals surface area contributed by atoms with E-state index in [-0.39, 0.29) is 0 Å². The Bertz CT molecular complexity index is 215. The first-order valence-corrected chi connectivity index (χ1v) is 3.68. The molecule has 0 aliphatic rings. The summed E-state index contributed by atoms with van der Waals surface area (Å²) in [5.74, 6) is 0.